The van der Waals surface area contributed by atoms with Crippen LogP contribution in [0.2, 0.25) is 0 Å². The van der Waals surface area contributed by atoms with E-state index >= 15 is 0 Å². The van der Waals surface area contributed by atoms with Crippen LogP contribution in [0.4, 0.5) is 0 Å². The topological polar surface area (TPSA) is 42.1 Å². The van der Waals surface area contributed by atoms with Gasteiger partial charge in [-0.1, -0.05) is 26.1 Å². The minimum Gasteiger partial charge on any atom is -0.393 e. The van der Waals surface area contributed by atoms with Gasteiger partial charge in [0.15, 0.2) is 0 Å². The molecule has 0 saturated heterocycles. The quantitative estimate of drug-likeness (QED) is 0.774. The number of nitrogens with zero attached hydrogens (tertiary/aromatic N) is 2. The summed E-state index contributed by atoms with van der Waals surface area (Å²) in [6.45, 7) is 9.36. The van der Waals surface area contributed by atoms with Gasteiger partial charge in [0, 0.05) is 30.6 Å². The second-order valence-electron chi connectivity index (χ2n) is 4.73. The Kier molecular flexibility index (Phi) is 6.02. The smallest absolute Gasteiger partial charge is 0.107 e. The fourth-order valence-electron chi connectivity index (χ4n) is 1.69. The molecule has 0 radical (unpaired) electrons. The number of aromatic nitrogens is 1. The number of hydrogen-bond acceptors (Lipinski definition) is 4. The number of thiocarbonyl (C=S) groups is 1. The third-order valence-electron chi connectivity index (χ3n) is 2.32. The van der Waals surface area contributed by atoms with Crippen LogP contribution in [0.25, 0.3) is 0 Å². The number of nitrogens with two attached hydrogens (primary N) is 1. The van der Waals surface area contributed by atoms with Crippen LogP contribution in [0, 0.1) is 12.8 Å². The SMILES string of the molecule is Cc1csc(CN(CCC(N)=S)CC(C)C)n1. The molecule has 0 fully saturated rings. The summed E-state index contributed by atoms with van der Waals surface area (Å²) in [6, 6.07) is 0. The predicted molar refractivity (Wildman–Crippen MR) is 78.4 cm³/mol. The van der Waals surface area contributed by atoms with Gasteiger partial charge in [0.25, 0.3) is 0 Å². The second-order valence-corrected chi connectivity index (χ2v) is 6.19. The highest BCUT2D eigenvalue weighted by atomic mass is 32.1. The molecule has 0 saturated carbocycles. The first-order chi connectivity index (χ1) is 7.97. The van der Waals surface area contributed by atoms with Gasteiger partial charge in [-0.05, 0) is 12.8 Å². The Morgan fingerprint density at radius 2 is 2.29 bits per heavy atom. The molecule has 0 unspecified atom stereocenters. The van der Waals surface area contributed by atoms with Gasteiger partial charge in [-0.2, -0.15) is 0 Å². The molecule has 0 aliphatic rings. The van der Waals surface area contributed by atoms with Gasteiger partial charge < -0.3 is 5.73 Å². The normalized spacial score (nSPS) is 11.4. The van der Waals surface area contributed by atoms with Crippen LogP contribution in [0.3, 0.4) is 0 Å². The Balaban J connectivity index is 2.53. The van der Waals surface area contributed by atoms with Crippen molar-refractivity contribution in [2.45, 2.75) is 33.7 Å². The van der Waals surface area contributed by atoms with Crippen molar-refractivity contribution in [1.82, 2.24) is 9.88 Å². The van der Waals surface area contributed by atoms with Crippen LogP contribution < -0.4 is 5.73 Å². The molecule has 1 aromatic rings. The van der Waals surface area contributed by atoms with Crippen molar-refractivity contribution < 1.29 is 0 Å². The van der Waals surface area contributed by atoms with E-state index in [1.165, 1.54) is 5.01 Å². The van der Waals surface area contributed by atoms with E-state index in [0.717, 1.165) is 31.7 Å². The molecular formula is C12H21N3S2. The van der Waals surface area contributed by atoms with Gasteiger partial charge in [0.05, 0.1) is 11.5 Å². The highest BCUT2D eigenvalue weighted by molar-refractivity contribution is 7.80. The number of thiazole rings is 1. The molecule has 0 aromatic carbocycles. The monoisotopic (exact) mass is 271 g/mol. The lowest BCUT2D eigenvalue weighted by Gasteiger charge is -2.22. The van der Waals surface area contributed by atoms with Crippen LogP contribution in [-0.2, 0) is 6.54 Å². The first-order valence-electron chi connectivity index (χ1n) is 5.89. The molecule has 0 spiro atoms. The van der Waals surface area contributed by atoms with Gasteiger partial charge in [-0.15, -0.1) is 11.3 Å². The van der Waals surface area contributed by atoms with Crippen molar-refractivity contribution in [3.8, 4) is 0 Å². The zero-order valence-electron chi connectivity index (χ0n) is 10.8. The molecule has 96 valence electrons. The van der Waals surface area contributed by atoms with Crippen LogP contribution in [0.1, 0.15) is 31.0 Å². The summed E-state index contributed by atoms with van der Waals surface area (Å²) >= 11 is 6.66. The van der Waals surface area contributed by atoms with E-state index in [9.17, 15) is 0 Å². The van der Waals surface area contributed by atoms with E-state index in [2.05, 4.69) is 29.1 Å². The minimum absolute atomic E-state index is 0.592. The molecule has 1 aromatic heterocycles. The lowest BCUT2D eigenvalue weighted by molar-refractivity contribution is 0.242. The molecular weight excluding hydrogens is 250 g/mol. The Labute approximate surface area is 113 Å². The summed E-state index contributed by atoms with van der Waals surface area (Å²) < 4.78 is 0. The zero-order chi connectivity index (χ0) is 12.8. The summed E-state index contributed by atoms with van der Waals surface area (Å²) in [4.78, 5) is 7.47. The number of aryl methyl sites for hydroxylation is 1. The van der Waals surface area contributed by atoms with Crippen molar-refractivity contribution in [2.24, 2.45) is 11.7 Å². The van der Waals surface area contributed by atoms with Gasteiger partial charge in [0.2, 0.25) is 0 Å². The molecule has 1 rings (SSSR count). The molecule has 0 aliphatic carbocycles. The molecule has 3 nitrogen and oxygen atoms in total. The average Bonchev–Trinajstić information content (AvgIpc) is 2.59. The standard InChI is InChI=1S/C12H21N3S2/c1-9(2)6-15(5-4-11(13)16)7-12-14-10(3)8-17-12/h8-9H,4-7H2,1-3H3,(H2,13,16). The van der Waals surface area contributed by atoms with Crippen molar-refractivity contribution in [3.63, 3.8) is 0 Å². The predicted octanol–water partition coefficient (Wildman–Crippen LogP) is 2.59. The number of hydrogen-bond donors (Lipinski definition) is 1. The van der Waals surface area contributed by atoms with E-state index in [4.69, 9.17) is 18.0 Å². The Hall–Kier alpha value is -0.520. The summed E-state index contributed by atoms with van der Waals surface area (Å²) in [7, 11) is 0. The first kappa shape index (κ1) is 14.5. The fourth-order valence-corrected chi connectivity index (χ4v) is 2.59. The van der Waals surface area contributed by atoms with Crippen LogP contribution >= 0.6 is 23.6 Å². The Bertz CT molecular complexity index is 360. The van der Waals surface area contributed by atoms with Gasteiger partial charge in [-0.3, -0.25) is 4.90 Å². The number of rotatable bonds is 7. The molecule has 0 atom stereocenters. The van der Waals surface area contributed by atoms with E-state index in [1.807, 2.05) is 6.92 Å². The van der Waals surface area contributed by atoms with Crippen molar-refractivity contribution in [2.75, 3.05) is 13.1 Å². The average molecular weight is 271 g/mol. The largest absolute Gasteiger partial charge is 0.393 e. The van der Waals surface area contributed by atoms with Crippen molar-refractivity contribution in [3.05, 3.63) is 16.1 Å². The lowest BCUT2D eigenvalue weighted by atomic mass is 10.2. The Morgan fingerprint density at radius 3 is 2.76 bits per heavy atom. The van der Waals surface area contributed by atoms with E-state index in [-0.39, 0.29) is 0 Å². The molecule has 2 N–H and O–H groups in total. The van der Waals surface area contributed by atoms with E-state index in [0.29, 0.717) is 10.9 Å². The maximum Gasteiger partial charge on any atom is 0.107 e. The van der Waals surface area contributed by atoms with E-state index < -0.39 is 0 Å². The molecule has 0 aliphatic heterocycles. The fraction of sp³-hybridized carbons (Fsp3) is 0.667. The van der Waals surface area contributed by atoms with Crippen molar-refractivity contribution in [1.29, 1.82) is 0 Å². The molecule has 1 heterocycles. The Morgan fingerprint density at radius 1 is 1.59 bits per heavy atom. The molecule has 0 amide bonds. The van der Waals surface area contributed by atoms with Gasteiger partial charge in [0.1, 0.15) is 5.01 Å². The highest BCUT2D eigenvalue weighted by Crippen LogP contribution is 2.13. The van der Waals surface area contributed by atoms with E-state index in [1.54, 1.807) is 11.3 Å². The minimum atomic E-state index is 0.592. The van der Waals surface area contributed by atoms with Gasteiger partial charge >= 0.3 is 0 Å². The summed E-state index contributed by atoms with van der Waals surface area (Å²) in [5.41, 5.74) is 6.66. The van der Waals surface area contributed by atoms with Gasteiger partial charge in [-0.25, -0.2) is 4.98 Å². The summed E-state index contributed by atoms with van der Waals surface area (Å²) in [6.07, 6.45) is 0.784. The summed E-state index contributed by atoms with van der Waals surface area (Å²) in [5.74, 6) is 0.641. The molecule has 17 heavy (non-hydrogen) atoms. The molecule has 5 heteroatoms. The summed E-state index contributed by atoms with van der Waals surface area (Å²) in [5, 5.41) is 3.27. The van der Waals surface area contributed by atoms with Crippen LogP contribution in [0.5, 0.6) is 0 Å². The highest BCUT2D eigenvalue weighted by Gasteiger charge is 2.10. The first-order valence-corrected chi connectivity index (χ1v) is 7.18. The zero-order valence-corrected chi connectivity index (χ0v) is 12.4. The maximum absolute atomic E-state index is 5.56. The van der Waals surface area contributed by atoms with Crippen LogP contribution in [-0.4, -0.2) is 28.0 Å². The molecule has 0 bridgehead atoms. The lowest BCUT2D eigenvalue weighted by Crippen LogP contribution is -2.30. The second kappa shape index (κ2) is 7.03. The third-order valence-corrected chi connectivity index (χ3v) is 3.48. The van der Waals surface area contributed by atoms with Crippen molar-refractivity contribution >= 4 is 28.5 Å². The third kappa shape index (κ3) is 6.10. The maximum atomic E-state index is 5.56. The van der Waals surface area contributed by atoms with Crippen LogP contribution in [0.15, 0.2) is 5.38 Å².